The summed E-state index contributed by atoms with van der Waals surface area (Å²) in [7, 11) is 0. The zero-order valence-electron chi connectivity index (χ0n) is 13.6. The topological polar surface area (TPSA) is 15.3 Å². The van der Waals surface area contributed by atoms with Crippen LogP contribution >= 0.6 is 11.8 Å². The van der Waals surface area contributed by atoms with E-state index in [9.17, 15) is 0 Å². The predicted molar refractivity (Wildman–Crippen MR) is 95.2 cm³/mol. The Kier molecular flexibility index (Phi) is 7.62. The van der Waals surface area contributed by atoms with Crippen LogP contribution in [0.1, 0.15) is 32.3 Å². The fourth-order valence-electron chi connectivity index (χ4n) is 2.99. The number of rotatable bonds is 9. The highest BCUT2D eigenvalue weighted by Crippen LogP contribution is 2.12. The first kappa shape index (κ1) is 16.9. The molecule has 0 bridgehead atoms. The van der Waals surface area contributed by atoms with E-state index >= 15 is 0 Å². The Morgan fingerprint density at radius 2 is 2.14 bits per heavy atom. The monoisotopic (exact) mass is 306 g/mol. The Balaban J connectivity index is 1.62. The molecule has 1 heterocycles. The van der Waals surface area contributed by atoms with Crippen LogP contribution in [0.5, 0.6) is 0 Å². The van der Waals surface area contributed by atoms with Crippen molar-refractivity contribution in [2.45, 2.75) is 45.2 Å². The summed E-state index contributed by atoms with van der Waals surface area (Å²) in [6, 6.07) is 12.2. The van der Waals surface area contributed by atoms with Gasteiger partial charge < -0.3 is 10.2 Å². The molecule has 1 aromatic carbocycles. The maximum absolute atomic E-state index is 3.81. The van der Waals surface area contributed by atoms with Crippen molar-refractivity contribution in [3.05, 3.63) is 35.9 Å². The highest BCUT2D eigenvalue weighted by atomic mass is 32.2. The first-order chi connectivity index (χ1) is 10.3. The summed E-state index contributed by atoms with van der Waals surface area (Å²) >= 11 is 2.05. The second-order valence-corrected chi connectivity index (χ2v) is 7.47. The molecule has 0 saturated carbocycles. The van der Waals surface area contributed by atoms with E-state index < -0.39 is 0 Å². The number of nitrogens with one attached hydrogen (secondary N) is 1. The van der Waals surface area contributed by atoms with Crippen molar-refractivity contribution in [3.8, 4) is 0 Å². The lowest BCUT2D eigenvalue weighted by Gasteiger charge is -2.20. The van der Waals surface area contributed by atoms with Gasteiger partial charge in [0.05, 0.1) is 0 Å². The van der Waals surface area contributed by atoms with Crippen molar-refractivity contribution in [1.82, 2.24) is 10.2 Å². The second kappa shape index (κ2) is 9.50. The largest absolute Gasteiger partial charge is 0.310 e. The molecule has 1 saturated heterocycles. The molecule has 1 aliphatic heterocycles. The Bertz CT molecular complexity index is 382. The van der Waals surface area contributed by atoms with Gasteiger partial charge in [-0.15, -0.1) is 0 Å². The van der Waals surface area contributed by atoms with Gasteiger partial charge >= 0.3 is 0 Å². The van der Waals surface area contributed by atoms with E-state index in [0.717, 1.165) is 0 Å². The van der Waals surface area contributed by atoms with E-state index in [1.165, 1.54) is 56.0 Å². The lowest BCUT2D eigenvalue weighted by atomic mass is 10.1. The molecule has 0 aromatic heterocycles. The number of thioether (sulfide) groups is 1. The quantitative estimate of drug-likeness (QED) is 0.704. The first-order valence-corrected chi connectivity index (χ1v) is 9.53. The zero-order chi connectivity index (χ0) is 14.9. The summed E-state index contributed by atoms with van der Waals surface area (Å²) in [6.07, 6.45) is 3.77. The van der Waals surface area contributed by atoms with Gasteiger partial charge in [-0.25, -0.2) is 0 Å². The molecular weight excluding hydrogens is 276 g/mol. The predicted octanol–water partition coefficient (Wildman–Crippen LogP) is 3.42. The van der Waals surface area contributed by atoms with Crippen LogP contribution in [-0.4, -0.2) is 48.1 Å². The molecule has 0 amide bonds. The molecule has 2 unspecified atom stereocenters. The van der Waals surface area contributed by atoms with Gasteiger partial charge in [-0.05, 0) is 49.8 Å². The maximum Gasteiger partial charge on any atom is 0.0209 e. The minimum atomic E-state index is 0.656. The van der Waals surface area contributed by atoms with Crippen LogP contribution in [0.3, 0.4) is 0 Å². The summed E-state index contributed by atoms with van der Waals surface area (Å²) in [5, 5.41) is 3.81. The van der Waals surface area contributed by atoms with Crippen LogP contribution in [0.2, 0.25) is 0 Å². The standard InChI is InChI=1S/C18H30N2S/c1-3-21-14-11-16(2)19-18-10-13-20(15-18)12-9-17-7-5-4-6-8-17/h4-8,16,18-19H,3,9-15H2,1-2H3. The lowest BCUT2D eigenvalue weighted by molar-refractivity contribution is 0.326. The van der Waals surface area contributed by atoms with E-state index in [2.05, 4.69) is 66.2 Å². The first-order valence-electron chi connectivity index (χ1n) is 8.38. The van der Waals surface area contributed by atoms with Crippen LogP contribution in [0.25, 0.3) is 0 Å². The van der Waals surface area contributed by atoms with Gasteiger partial charge in [0, 0.05) is 25.2 Å². The van der Waals surface area contributed by atoms with Crippen molar-refractivity contribution in [2.24, 2.45) is 0 Å². The van der Waals surface area contributed by atoms with Gasteiger partial charge in [0.15, 0.2) is 0 Å². The molecule has 2 rings (SSSR count). The molecule has 118 valence electrons. The van der Waals surface area contributed by atoms with Gasteiger partial charge in [-0.2, -0.15) is 11.8 Å². The van der Waals surface area contributed by atoms with Gasteiger partial charge in [-0.3, -0.25) is 0 Å². The van der Waals surface area contributed by atoms with E-state index in [0.29, 0.717) is 12.1 Å². The normalized spacial score (nSPS) is 20.8. The molecule has 1 N–H and O–H groups in total. The third-order valence-corrected chi connectivity index (χ3v) is 5.18. The Morgan fingerprint density at radius 1 is 1.33 bits per heavy atom. The van der Waals surface area contributed by atoms with Crippen molar-refractivity contribution >= 4 is 11.8 Å². The molecule has 2 atom stereocenters. The lowest BCUT2D eigenvalue weighted by Crippen LogP contribution is -2.39. The number of nitrogens with zero attached hydrogens (tertiary/aromatic N) is 1. The highest BCUT2D eigenvalue weighted by molar-refractivity contribution is 7.99. The third-order valence-electron chi connectivity index (χ3n) is 4.25. The molecule has 2 nitrogen and oxygen atoms in total. The van der Waals surface area contributed by atoms with Gasteiger partial charge in [0.25, 0.3) is 0 Å². The number of hydrogen-bond donors (Lipinski definition) is 1. The summed E-state index contributed by atoms with van der Waals surface area (Å²) in [5.74, 6) is 2.53. The van der Waals surface area contributed by atoms with Gasteiger partial charge in [0.2, 0.25) is 0 Å². The smallest absolute Gasteiger partial charge is 0.0209 e. The van der Waals surface area contributed by atoms with E-state index in [1.807, 2.05) is 0 Å². The van der Waals surface area contributed by atoms with Crippen LogP contribution in [-0.2, 0) is 6.42 Å². The van der Waals surface area contributed by atoms with Crippen LogP contribution in [0.15, 0.2) is 30.3 Å². The minimum absolute atomic E-state index is 0.656. The fraction of sp³-hybridized carbons (Fsp3) is 0.667. The van der Waals surface area contributed by atoms with E-state index in [4.69, 9.17) is 0 Å². The molecule has 1 fully saturated rings. The second-order valence-electron chi connectivity index (χ2n) is 6.08. The van der Waals surface area contributed by atoms with Crippen molar-refractivity contribution in [3.63, 3.8) is 0 Å². The molecule has 0 spiro atoms. The maximum atomic E-state index is 3.81. The van der Waals surface area contributed by atoms with Crippen molar-refractivity contribution in [1.29, 1.82) is 0 Å². The molecule has 0 aliphatic carbocycles. The number of hydrogen-bond acceptors (Lipinski definition) is 3. The summed E-state index contributed by atoms with van der Waals surface area (Å²) < 4.78 is 0. The molecular formula is C18H30N2S. The Morgan fingerprint density at radius 3 is 2.90 bits per heavy atom. The Labute approximate surface area is 134 Å². The highest BCUT2D eigenvalue weighted by Gasteiger charge is 2.22. The van der Waals surface area contributed by atoms with Crippen molar-refractivity contribution in [2.75, 3.05) is 31.1 Å². The van der Waals surface area contributed by atoms with Crippen molar-refractivity contribution < 1.29 is 0 Å². The fourth-order valence-corrected chi connectivity index (χ4v) is 3.80. The SMILES string of the molecule is CCSCCC(C)NC1CCN(CCc2ccccc2)C1. The third kappa shape index (κ3) is 6.41. The zero-order valence-corrected chi connectivity index (χ0v) is 14.4. The summed E-state index contributed by atoms with van der Waals surface area (Å²) in [6.45, 7) is 8.24. The van der Waals surface area contributed by atoms with Gasteiger partial charge in [0.1, 0.15) is 0 Å². The molecule has 3 heteroatoms. The molecule has 21 heavy (non-hydrogen) atoms. The molecule has 1 aromatic rings. The summed E-state index contributed by atoms with van der Waals surface area (Å²) in [5.41, 5.74) is 1.46. The van der Waals surface area contributed by atoms with Crippen LogP contribution in [0.4, 0.5) is 0 Å². The summed E-state index contributed by atoms with van der Waals surface area (Å²) in [4.78, 5) is 2.61. The number of benzene rings is 1. The molecule has 1 aliphatic rings. The van der Waals surface area contributed by atoms with Crippen LogP contribution in [0, 0.1) is 0 Å². The van der Waals surface area contributed by atoms with Gasteiger partial charge in [-0.1, -0.05) is 37.3 Å². The Hall–Kier alpha value is -0.510. The average molecular weight is 307 g/mol. The minimum Gasteiger partial charge on any atom is -0.310 e. The number of likely N-dealkylation sites (tertiary alicyclic amines) is 1. The van der Waals surface area contributed by atoms with E-state index in [1.54, 1.807) is 0 Å². The average Bonchev–Trinajstić information content (AvgIpc) is 2.94. The van der Waals surface area contributed by atoms with E-state index in [-0.39, 0.29) is 0 Å². The molecule has 0 radical (unpaired) electrons. The van der Waals surface area contributed by atoms with Crippen LogP contribution < -0.4 is 5.32 Å².